The third-order valence-electron chi connectivity index (χ3n) is 5.52. The van der Waals surface area contributed by atoms with Gasteiger partial charge >= 0.3 is 6.03 Å². The quantitative estimate of drug-likeness (QED) is 0.282. The van der Waals surface area contributed by atoms with Crippen LogP contribution in [0.5, 0.6) is 5.75 Å². The van der Waals surface area contributed by atoms with E-state index in [1.165, 1.54) is 38.7 Å². The lowest BCUT2D eigenvalue weighted by atomic mass is 10.0. The first-order valence-electron chi connectivity index (χ1n) is 11.3. The summed E-state index contributed by atoms with van der Waals surface area (Å²) in [5.74, 6) is -2.43. The number of halogens is 4. The molecule has 4 aromatic rings. The Balaban J connectivity index is 1.74. The molecular formula is C25H20F4N6O4S. The topological polar surface area (TPSA) is 126 Å². The van der Waals surface area contributed by atoms with E-state index in [4.69, 9.17) is 4.74 Å². The Morgan fingerprint density at radius 1 is 1.00 bits per heavy atom. The van der Waals surface area contributed by atoms with Crippen LogP contribution in [0, 0.1) is 11.6 Å². The number of anilines is 3. The summed E-state index contributed by atoms with van der Waals surface area (Å²) in [6, 6.07) is 7.90. The number of ether oxygens (including phenoxy) is 1. The van der Waals surface area contributed by atoms with Gasteiger partial charge in [-0.1, -0.05) is 6.07 Å². The van der Waals surface area contributed by atoms with Crippen molar-refractivity contribution >= 4 is 33.5 Å². The summed E-state index contributed by atoms with van der Waals surface area (Å²) in [7, 11) is -1.60. The number of rotatable bonds is 8. The lowest BCUT2D eigenvalue weighted by Crippen LogP contribution is -2.35. The van der Waals surface area contributed by atoms with Crippen molar-refractivity contribution in [3.8, 4) is 16.9 Å². The number of alkyl halides is 2. The minimum Gasteiger partial charge on any atom is -0.495 e. The fourth-order valence-electron chi connectivity index (χ4n) is 3.62. The SMILES string of the molecule is CNC(=O)N(c1ccc(S(=O)(=O)Nc2ncccn2)cn1)c1cc(F)c(-c2ccc(F)c(C(F)F)c2)cc1OC. The molecule has 2 amide bonds. The Labute approximate surface area is 225 Å². The normalized spacial score (nSPS) is 11.3. The van der Waals surface area contributed by atoms with E-state index in [-0.39, 0.29) is 39.2 Å². The number of aromatic nitrogens is 3. The van der Waals surface area contributed by atoms with Crippen LogP contribution in [-0.4, -0.2) is 43.6 Å². The third-order valence-corrected chi connectivity index (χ3v) is 6.83. The molecule has 15 heteroatoms. The van der Waals surface area contributed by atoms with Crippen molar-refractivity contribution in [3.05, 3.63) is 84.3 Å². The number of amides is 2. The van der Waals surface area contributed by atoms with Crippen LogP contribution in [0.4, 0.5) is 39.8 Å². The molecule has 208 valence electrons. The molecule has 0 unspecified atom stereocenters. The van der Waals surface area contributed by atoms with Crippen LogP contribution in [0.15, 0.2) is 72.0 Å². The number of methoxy groups -OCH3 is 1. The van der Waals surface area contributed by atoms with Gasteiger partial charge in [0.2, 0.25) is 5.95 Å². The molecule has 0 fully saturated rings. The molecule has 10 nitrogen and oxygen atoms in total. The molecule has 40 heavy (non-hydrogen) atoms. The number of carbonyl (C=O) groups is 1. The number of hydrogen-bond donors (Lipinski definition) is 2. The van der Waals surface area contributed by atoms with Gasteiger partial charge in [-0.15, -0.1) is 0 Å². The number of nitrogens with one attached hydrogen (secondary N) is 2. The van der Waals surface area contributed by atoms with Crippen molar-refractivity contribution in [1.82, 2.24) is 20.3 Å². The summed E-state index contributed by atoms with van der Waals surface area (Å²) in [6.45, 7) is 0. The van der Waals surface area contributed by atoms with E-state index in [2.05, 4.69) is 25.0 Å². The van der Waals surface area contributed by atoms with E-state index in [0.29, 0.717) is 0 Å². The second kappa shape index (κ2) is 11.5. The number of pyridine rings is 1. The molecule has 0 aliphatic carbocycles. The van der Waals surface area contributed by atoms with Gasteiger partial charge in [-0.25, -0.2) is 55.3 Å². The number of benzene rings is 2. The maximum atomic E-state index is 15.3. The van der Waals surface area contributed by atoms with Crippen LogP contribution in [-0.2, 0) is 10.0 Å². The summed E-state index contributed by atoms with van der Waals surface area (Å²) in [5.41, 5.74) is -1.28. The van der Waals surface area contributed by atoms with Gasteiger partial charge in [0.05, 0.1) is 18.4 Å². The zero-order valence-corrected chi connectivity index (χ0v) is 21.6. The highest BCUT2D eigenvalue weighted by molar-refractivity contribution is 7.92. The van der Waals surface area contributed by atoms with Gasteiger partial charge in [0.1, 0.15) is 28.1 Å². The number of nitrogens with zero attached hydrogens (tertiary/aromatic N) is 4. The second-order valence-corrected chi connectivity index (χ2v) is 9.64. The van der Waals surface area contributed by atoms with Gasteiger partial charge in [0.15, 0.2) is 0 Å². The summed E-state index contributed by atoms with van der Waals surface area (Å²) >= 11 is 0. The molecule has 0 radical (unpaired) electrons. The first kappa shape index (κ1) is 28.2. The number of sulfonamides is 1. The Hall–Kier alpha value is -4.79. The fourth-order valence-corrected chi connectivity index (χ4v) is 4.53. The fraction of sp³-hybridized carbons (Fsp3) is 0.120. The van der Waals surface area contributed by atoms with E-state index in [1.54, 1.807) is 0 Å². The Bertz CT molecular complexity index is 1640. The summed E-state index contributed by atoms with van der Waals surface area (Å²) in [5, 5.41) is 2.38. The molecule has 2 N–H and O–H groups in total. The third kappa shape index (κ3) is 5.78. The molecule has 2 aromatic heterocycles. The van der Waals surface area contributed by atoms with Crippen LogP contribution < -0.4 is 19.7 Å². The molecule has 0 saturated heterocycles. The molecule has 4 rings (SSSR count). The summed E-state index contributed by atoms with van der Waals surface area (Å²) < 4.78 is 88.4. The van der Waals surface area contributed by atoms with Crippen LogP contribution in [0.3, 0.4) is 0 Å². The molecule has 2 heterocycles. The molecular weight excluding hydrogens is 556 g/mol. The summed E-state index contributed by atoms with van der Waals surface area (Å²) in [6.07, 6.45) is 0.539. The number of hydrogen-bond acceptors (Lipinski definition) is 7. The predicted molar refractivity (Wildman–Crippen MR) is 137 cm³/mol. The van der Waals surface area contributed by atoms with Crippen molar-refractivity contribution in [2.75, 3.05) is 23.8 Å². The van der Waals surface area contributed by atoms with Gasteiger partial charge in [0.25, 0.3) is 16.4 Å². The molecule has 0 aliphatic heterocycles. The lowest BCUT2D eigenvalue weighted by Gasteiger charge is -2.24. The van der Waals surface area contributed by atoms with Gasteiger partial charge in [-0.05, 0) is 42.0 Å². The molecule has 0 saturated carbocycles. The smallest absolute Gasteiger partial charge is 0.327 e. The van der Waals surface area contributed by atoms with Gasteiger partial charge in [-0.2, -0.15) is 0 Å². The lowest BCUT2D eigenvalue weighted by molar-refractivity contribution is 0.146. The molecule has 0 spiro atoms. The number of carbonyl (C=O) groups excluding carboxylic acids is 1. The van der Waals surface area contributed by atoms with Gasteiger partial charge in [0, 0.05) is 37.3 Å². The van der Waals surface area contributed by atoms with Crippen LogP contribution in [0.25, 0.3) is 11.1 Å². The first-order valence-corrected chi connectivity index (χ1v) is 12.8. The Morgan fingerprint density at radius 3 is 2.33 bits per heavy atom. The zero-order chi connectivity index (χ0) is 29.0. The van der Waals surface area contributed by atoms with E-state index in [1.807, 2.05) is 0 Å². The van der Waals surface area contributed by atoms with Gasteiger partial charge < -0.3 is 10.1 Å². The first-order chi connectivity index (χ1) is 19.1. The van der Waals surface area contributed by atoms with E-state index >= 15 is 4.39 Å². The van der Waals surface area contributed by atoms with Crippen molar-refractivity contribution < 1.29 is 35.5 Å². The van der Waals surface area contributed by atoms with Crippen LogP contribution in [0.1, 0.15) is 12.0 Å². The average Bonchev–Trinajstić information content (AvgIpc) is 2.94. The van der Waals surface area contributed by atoms with Crippen molar-refractivity contribution in [2.45, 2.75) is 11.3 Å². The predicted octanol–water partition coefficient (Wildman–Crippen LogP) is 5.04. The molecule has 2 aromatic carbocycles. The molecule has 0 aliphatic rings. The maximum Gasteiger partial charge on any atom is 0.327 e. The average molecular weight is 577 g/mol. The Morgan fingerprint density at radius 2 is 1.73 bits per heavy atom. The minimum atomic E-state index is -4.14. The molecule has 0 bridgehead atoms. The largest absolute Gasteiger partial charge is 0.495 e. The monoisotopic (exact) mass is 576 g/mol. The highest BCUT2D eigenvalue weighted by Gasteiger charge is 2.26. The summed E-state index contributed by atoms with van der Waals surface area (Å²) in [4.78, 5) is 25.1. The van der Waals surface area contributed by atoms with Crippen molar-refractivity contribution in [3.63, 3.8) is 0 Å². The van der Waals surface area contributed by atoms with Crippen LogP contribution in [0.2, 0.25) is 0 Å². The maximum absolute atomic E-state index is 15.3. The Kier molecular flexibility index (Phi) is 8.13. The second-order valence-electron chi connectivity index (χ2n) is 7.96. The highest BCUT2D eigenvalue weighted by Crippen LogP contribution is 2.39. The zero-order valence-electron chi connectivity index (χ0n) is 20.8. The van der Waals surface area contributed by atoms with Crippen molar-refractivity contribution in [1.29, 1.82) is 0 Å². The number of urea groups is 1. The standard InChI is InChI=1S/C25H20F4N6O4S/c1-30-25(36)35(22-7-5-15(13-33-22)40(37,38)34-24-31-8-3-9-32-24)20-12-19(27)16(11-21(20)39-2)14-4-6-18(26)17(10-14)23(28)29/h3-13,23H,1-2H3,(H,30,36)(H,31,32,34). The van der Waals surface area contributed by atoms with Crippen molar-refractivity contribution in [2.24, 2.45) is 0 Å². The minimum absolute atomic E-state index is 0.0480. The van der Waals surface area contributed by atoms with Gasteiger partial charge in [-0.3, -0.25) is 0 Å². The van der Waals surface area contributed by atoms with E-state index < -0.39 is 39.7 Å². The highest BCUT2D eigenvalue weighted by atomic mass is 32.2. The van der Waals surface area contributed by atoms with E-state index in [9.17, 15) is 26.4 Å². The van der Waals surface area contributed by atoms with E-state index in [0.717, 1.165) is 47.5 Å². The molecule has 0 atom stereocenters. The van der Waals surface area contributed by atoms with Crippen LogP contribution >= 0.6 is 0 Å².